The summed E-state index contributed by atoms with van der Waals surface area (Å²) in [6, 6.07) is 3.04. The van der Waals surface area contributed by atoms with E-state index in [0.29, 0.717) is 20.9 Å². The van der Waals surface area contributed by atoms with Gasteiger partial charge in [0, 0.05) is 25.0 Å². The minimum Gasteiger partial charge on any atom is -0.481 e. The number of nitrogens with zero attached hydrogens (tertiary/aromatic N) is 3. The SMILES string of the molecule is COc1ncccc1Cn1c(=O)c(C(F)(F)F)cn(C)c1=O. The van der Waals surface area contributed by atoms with Crippen LogP contribution in [0.15, 0.2) is 34.1 Å². The van der Waals surface area contributed by atoms with Crippen molar-refractivity contribution in [2.45, 2.75) is 12.7 Å². The van der Waals surface area contributed by atoms with E-state index in [4.69, 9.17) is 4.74 Å². The van der Waals surface area contributed by atoms with Crippen LogP contribution in [0.4, 0.5) is 13.2 Å². The number of pyridine rings is 1. The van der Waals surface area contributed by atoms with Crippen LogP contribution < -0.4 is 16.0 Å². The molecule has 2 aromatic rings. The molecule has 2 rings (SSSR count). The molecule has 0 fully saturated rings. The van der Waals surface area contributed by atoms with Gasteiger partial charge in [0.25, 0.3) is 5.56 Å². The molecule has 0 saturated carbocycles. The van der Waals surface area contributed by atoms with Crippen LogP contribution in [0.1, 0.15) is 11.1 Å². The zero-order chi connectivity index (χ0) is 16.5. The summed E-state index contributed by atoms with van der Waals surface area (Å²) >= 11 is 0. The van der Waals surface area contributed by atoms with E-state index in [2.05, 4.69) is 4.98 Å². The third-order valence-corrected chi connectivity index (χ3v) is 3.01. The molecule has 0 N–H and O–H groups in total. The lowest BCUT2D eigenvalue weighted by molar-refractivity contribution is -0.139. The van der Waals surface area contributed by atoms with Crippen LogP contribution in [0, 0.1) is 0 Å². The van der Waals surface area contributed by atoms with Gasteiger partial charge in [0.15, 0.2) is 0 Å². The summed E-state index contributed by atoms with van der Waals surface area (Å²) in [6.45, 7) is -0.369. The molecular weight excluding hydrogens is 303 g/mol. The Morgan fingerprint density at radius 2 is 2.00 bits per heavy atom. The fraction of sp³-hybridized carbons (Fsp3) is 0.308. The van der Waals surface area contributed by atoms with Crippen molar-refractivity contribution < 1.29 is 17.9 Å². The summed E-state index contributed by atoms with van der Waals surface area (Å²) in [5, 5.41) is 0. The predicted octanol–water partition coefficient (Wildman–Crippen LogP) is 1.02. The first-order valence-corrected chi connectivity index (χ1v) is 6.11. The van der Waals surface area contributed by atoms with Crippen molar-refractivity contribution in [3.63, 3.8) is 0 Å². The molecule has 0 atom stereocenters. The summed E-state index contributed by atoms with van der Waals surface area (Å²) in [7, 11) is 2.48. The van der Waals surface area contributed by atoms with E-state index in [1.807, 2.05) is 0 Å². The van der Waals surface area contributed by atoms with Gasteiger partial charge in [-0.05, 0) is 6.07 Å². The van der Waals surface area contributed by atoms with Gasteiger partial charge < -0.3 is 9.30 Å². The number of halogens is 3. The van der Waals surface area contributed by atoms with Crippen LogP contribution in [0.2, 0.25) is 0 Å². The molecular formula is C13H12F3N3O3. The topological polar surface area (TPSA) is 66.1 Å². The Hall–Kier alpha value is -2.58. The van der Waals surface area contributed by atoms with E-state index in [1.54, 1.807) is 0 Å². The van der Waals surface area contributed by atoms with E-state index in [0.717, 1.165) is 7.05 Å². The highest BCUT2D eigenvalue weighted by atomic mass is 19.4. The second kappa shape index (κ2) is 5.66. The predicted molar refractivity (Wildman–Crippen MR) is 70.8 cm³/mol. The first kappa shape index (κ1) is 15.8. The standard InChI is InChI=1S/C13H12F3N3O3/c1-18-7-9(13(14,15)16)11(20)19(12(18)21)6-8-4-3-5-17-10(8)22-2/h3-5,7H,6H2,1-2H3. The molecule has 0 aliphatic heterocycles. The number of rotatable bonds is 3. The molecule has 0 aliphatic carbocycles. The maximum atomic E-state index is 12.9. The van der Waals surface area contributed by atoms with Gasteiger partial charge in [0.05, 0.1) is 13.7 Å². The molecule has 22 heavy (non-hydrogen) atoms. The van der Waals surface area contributed by atoms with Gasteiger partial charge >= 0.3 is 11.9 Å². The molecule has 0 bridgehead atoms. The molecule has 0 aliphatic rings. The second-order valence-corrected chi connectivity index (χ2v) is 4.50. The molecule has 2 heterocycles. The van der Waals surface area contributed by atoms with Gasteiger partial charge in [-0.25, -0.2) is 9.78 Å². The highest BCUT2D eigenvalue weighted by Gasteiger charge is 2.35. The van der Waals surface area contributed by atoms with Gasteiger partial charge in [-0.2, -0.15) is 13.2 Å². The minimum absolute atomic E-state index is 0.133. The van der Waals surface area contributed by atoms with Crippen molar-refractivity contribution in [1.82, 2.24) is 14.1 Å². The Morgan fingerprint density at radius 1 is 1.32 bits per heavy atom. The van der Waals surface area contributed by atoms with E-state index >= 15 is 0 Å². The summed E-state index contributed by atoms with van der Waals surface area (Å²) in [4.78, 5) is 27.8. The smallest absolute Gasteiger partial charge is 0.423 e. The Labute approximate surface area is 122 Å². The van der Waals surface area contributed by atoms with Crippen LogP contribution in [0.5, 0.6) is 5.88 Å². The number of methoxy groups -OCH3 is 1. The minimum atomic E-state index is -4.84. The van der Waals surface area contributed by atoms with Crippen LogP contribution >= 0.6 is 0 Å². The molecule has 9 heteroatoms. The second-order valence-electron chi connectivity index (χ2n) is 4.50. The quantitative estimate of drug-likeness (QED) is 0.848. The molecule has 0 saturated heterocycles. The van der Waals surface area contributed by atoms with Gasteiger partial charge in [-0.1, -0.05) is 6.07 Å². The van der Waals surface area contributed by atoms with Crippen LogP contribution in [-0.2, 0) is 19.8 Å². The molecule has 6 nitrogen and oxygen atoms in total. The third kappa shape index (κ3) is 2.87. The number of ether oxygens (including phenoxy) is 1. The number of hydrogen-bond acceptors (Lipinski definition) is 4. The molecule has 0 radical (unpaired) electrons. The van der Waals surface area contributed by atoms with Crippen molar-refractivity contribution in [2.75, 3.05) is 7.11 Å². The zero-order valence-electron chi connectivity index (χ0n) is 11.7. The summed E-state index contributed by atoms with van der Waals surface area (Å²) in [6.07, 6.45) is -2.93. The Kier molecular flexibility index (Phi) is 4.07. The first-order valence-electron chi connectivity index (χ1n) is 6.11. The zero-order valence-corrected chi connectivity index (χ0v) is 11.7. The van der Waals surface area contributed by atoms with Gasteiger partial charge in [-0.15, -0.1) is 0 Å². The monoisotopic (exact) mass is 315 g/mol. The molecule has 0 amide bonds. The summed E-state index contributed by atoms with van der Waals surface area (Å²) in [5.41, 5.74) is -3.34. The van der Waals surface area contributed by atoms with E-state index < -0.39 is 23.0 Å². The number of aromatic nitrogens is 3. The normalized spacial score (nSPS) is 11.5. The molecule has 2 aromatic heterocycles. The highest BCUT2D eigenvalue weighted by molar-refractivity contribution is 5.26. The van der Waals surface area contributed by atoms with Gasteiger partial charge in [0.1, 0.15) is 5.56 Å². The van der Waals surface area contributed by atoms with Gasteiger partial charge in [0.2, 0.25) is 5.88 Å². The Morgan fingerprint density at radius 3 is 2.59 bits per heavy atom. The number of alkyl halides is 3. The first-order chi connectivity index (χ1) is 10.3. The largest absolute Gasteiger partial charge is 0.481 e. The van der Waals surface area contributed by atoms with Crippen LogP contribution in [-0.4, -0.2) is 21.2 Å². The fourth-order valence-electron chi connectivity index (χ4n) is 1.96. The van der Waals surface area contributed by atoms with E-state index in [1.165, 1.54) is 25.4 Å². The van der Waals surface area contributed by atoms with Gasteiger partial charge in [-0.3, -0.25) is 9.36 Å². The van der Waals surface area contributed by atoms with Crippen molar-refractivity contribution in [2.24, 2.45) is 7.05 Å². The number of hydrogen-bond donors (Lipinski definition) is 0. The average molecular weight is 315 g/mol. The van der Waals surface area contributed by atoms with Crippen LogP contribution in [0.3, 0.4) is 0 Å². The fourth-order valence-corrected chi connectivity index (χ4v) is 1.96. The maximum Gasteiger partial charge on any atom is 0.423 e. The Bertz CT molecular complexity index is 809. The summed E-state index contributed by atoms with van der Waals surface area (Å²) < 4.78 is 44.8. The van der Waals surface area contributed by atoms with Crippen molar-refractivity contribution in [3.8, 4) is 5.88 Å². The molecule has 0 unspecified atom stereocenters. The van der Waals surface area contributed by atoms with Crippen molar-refractivity contribution >= 4 is 0 Å². The van der Waals surface area contributed by atoms with Crippen molar-refractivity contribution in [1.29, 1.82) is 0 Å². The van der Waals surface area contributed by atoms with Crippen LogP contribution in [0.25, 0.3) is 0 Å². The average Bonchev–Trinajstić information content (AvgIpc) is 2.46. The Balaban J connectivity index is 2.63. The lowest BCUT2D eigenvalue weighted by atomic mass is 10.2. The highest BCUT2D eigenvalue weighted by Crippen LogP contribution is 2.25. The number of aryl methyl sites for hydroxylation is 1. The lowest BCUT2D eigenvalue weighted by Gasteiger charge is -2.13. The molecule has 0 aromatic carbocycles. The lowest BCUT2D eigenvalue weighted by Crippen LogP contribution is -2.42. The van der Waals surface area contributed by atoms with Crippen molar-refractivity contribution in [3.05, 3.63) is 56.5 Å². The van der Waals surface area contributed by atoms with E-state index in [-0.39, 0.29) is 12.4 Å². The summed E-state index contributed by atoms with van der Waals surface area (Å²) in [5.74, 6) is 0.133. The molecule has 118 valence electrons. The van der Waals surface area contributed by atoms with E-state index in [9.17, 15) is 22.8 Å². The third-order valence-electron chi connectivity index (χ3n) is 3.01. The molecule has 0 spiro atoms. The maximum absolute atomic E-state index is 12.9.